The summed E-state index contributed by atoms with van der Waals surface area (Å²) >= 11 is 0. The molecule has 1 amide bonds. The van der Waals surface area contributed by atoms with E-state index in [1.54, 1.807) is 49.6 Å². The van der Waals surface area contributed by atoms with Crippen molar-refractivity contribution in [2.24, 2.45) is 0 Å². The van der Waals surface area contributed by atoms with Crippen molar-refractivity contribution >= 4 is 11.7 Å². The minimum Gasteiger partial charge on any atom is -0.497 e. The first-order valence-corrected chi connectivity index (χ1v) is 10.2. The highest BCUT2D eigenvalue weighted by Crippen LogP contribution is 2.32. The minimum absolute atomic E-state index is 0.234. The van der Waals surface area contributed by atoms with Crippen LogP contribution in [0.4, 0.5) is 23.4 Å². The van der Waals surface area contributed by atoms with Crippen LogP contribution in [0, 0.1) is 12.7 Å². The summed E-state index contributed by atoms with van der Waals surface area (Å²) in [7, 11) is 1.55. The lowest BCUT2D eigenvalue weighted by Crippen LogP contribution is -2.17. The van der Waals surface area contributed by atoms with Crippen LogP contribution >= 0.6 is 0 Å². The molecule has 0 aliphatic carbocycles. The maximum absolute atomic E-state index is 13.6. The van der Waals surface area contributed by atoms with Gasteiger partial charge in [-0.1, -0.05) is 17.7 Å². The average Bonchev–Trinajstić information content (AvgIpc) is 3.22. The SMILES string of the molecule is COc1ccc(-c2cc(NC(=O)c3ccc(F)c(C(F)(F)F)c3)n(-c3ccc(C)cc3)n2)cc1. The van der Waals surface area contributed by atoms with Crippen LogP contribution in [0.5, 0.6) is 5.75 Å². The van der Waals surface area contributed by atoms with Gasteiger partial charge in [-0.25, -0.2) is 9.07 Å². The minimum atomic E-state index is -4.93. The number of nitrogens with one attached hydrogen (secondary N) is 1. The van der Waals surface area contributed by atoms with Gasteiger partial charge in [0.05, 0.1) is 24.1 Å². The highest BCUT2D eigenvalue weighted by molar-refractivity contribution is 6.04. The second-order valence-electron chi connectivity index (χ2n) is 7.54. The molecule has 1 N–H and O–H groups in total. The lowest BCUT2D eigenvalue weighted by atomic mass is 10.1. The number of anilines is 1. The molecule has 0 atom stereocenters. The van der Waals surface area contributed by atoms with E-state index in [1.165, 1.54) is 4.68 Å². The third-order valence-corrected chi connectivity index (χ3v) is 5.15. The Morgan fingerprint density at radius 1 is 0.971 bits per heavy atom. The topological polar surface area (TPSA) is 56.1 Å². The Kier molecular flexibility index (Phi) is 6.10. The van der Waals surface area contributed by atoms with Crippen LogP contribution in [0.3, 0.4) is 0 Å². The highest BCUT2D eigenvalue weighted by atomic mass is 19.4. The maximum Gasteiger partial charge on any atom is 0.419 e. The Hall–Kier alpha value is -4.14. The van der Waals surface area contributed by atoms with E-state index >= 15 is 0 Å². The average molecular weight is 469 g/mol. The molecule has 0 fully saturated rings. The first kappa shape index (κ1) is 23.0. The number of hydrogen-bond donors (Lipinski definition) is 1. The summed E-state index contributed by atoms with van der Waals surface area (Å²) in [5, 5.41) is 7.17. The molecular formula is C25H19F4N3O2. The number of nitrogens with zero attached hydrogens (tertiary/aromatic N) is 2. The van der Waals surface area contributed by atoms with E-state index in [2.05, 4.69) is 10.4 Å². The zero-order valence-electron chi connectivity index (χ0n) is 18.2. The Morgan fingerprint density at radius 2 is 1.65 bits per heavy atom. The molecule has 3 aromatic carbocycles. The van der Waals surface area contributed by atoms with E-state index in [0.717, 1.165) is 17.2 Å². The summed E-state index contributed by atoms with van der Waals surface area (Å²) in [4.78, 5) is 12.8. The van der Waals surface area contributed by atoms with Gasteiger partial charge in [0.2, 0.25) is 0 Å². The Morgan fingerprint density at radius 3 is 2.26 bits per heavy atom. The van der Waals surface area contributed by atoms with Crippen molar-refractivity contribution in [3.05, 3.63) is 95.3 Å². The van der Waals surface area contributed by atoms with Gasteiger partial charge in [0.15, 0.2) is 0 Å². The quantitative estimate of drug-likeness (QED) is 0.351. The first-order valence-electron chi connectivity index (χ1n) is 10.2. The summed E-state index contributed by atoms with van der Waals surface area (Å²) in [6, 6.07) is 18.2. The largest absolute Gasteiger partial charge is 0.497 e. The molecule has 0 spiro atoms. The molecule has 4 rings (SSSR count). The molecule has 4 aromatic rings. The van der Waals surface area contributed by atoms with Gasteiger partial charge in [-0.05, 0) is 61.5 Å². The summed E-state index contributed by atoms with van der Waals surface area (Å²) in [5.74, 6) is -1.39. The third-order valence-electron chi connectivity index (χ3n) is 5.15. The van der Waals surface area contributed by atoms with Crippen LogP contribution in [0.25, 0.3) is 16.9 Å². The summed E-state index contributed by atoms with van der Waals surface area (Å²) in [6.07, 6.45) is -4.93. The Balaban J connectivity index is 1.73. The van der Waals surface area contributed by atoms with Crippen molar-refractivity contribution < 1.29 is 27.1 Å². The molecule has 174 valence electrons. The van der Waals surface area contributed by atoms with Crippen molar-refractivity contribution in [2.75, 3.05) is 12.4 Å². The first-order chi connectivity index (χ1) is 16.2. The number of aryl methyl sites for hydroxylation is 1. The van der Waals surface area contributed by atoms with Crippen molar-refractivity contribution in [2.45, 2.75) is 13.1 Å². The second kappa shape index (κ2) is 9.01. The molecule has 0 radical (unpaired) electrons. The van der Waals surface area contributed by atoms with E-state index in [0.29, 0.717) is 29.3 Å². The standard InChI is InChI=1S/C25H19F4N3O2/c1-15-3-8-18(9-4-15)32-23(14-22(31-32)16-5-10-19(34-2)11-6-16)30-24(33)17-7-12-21(26)20(13-17)25(27,28)29/h3-14H,1-2H3,(H,30,33). The number of amides is 1. The number of benzene rings is 3. The number of carbonyl (C=O) groups excluding carboxylic acids is 1. The monoisotopic (exact) mass is 469 g/mol. The van der Waals surface area contributed by atoms with Gasteiger partial charge in [-0.3, -0.25) is 4.79 Å². The molecule has 34 heavy (non-hydrogen) atoms. The third kappa shape index (κ3) is 4.78. The van der Waals surface area contributed by atoms with Gasteiger partial charge < -0.3 is 10.1 Å². The van der Waals surface area contributed by atoms with Gasteiger partial charge in [0, 0.05) is 17.2 Å². The number of aromatic nitrogens is 2. The van der Waals surface area contributed by atoms with Crippen molar-refractivity contribution in [1.82, 2.24) is 9.78 Å². The fraction of sp³-hybridized carbons (Fsp3) is 0.120. The van der Waals surface area contributed by atoms with Gasteiger partial charge in [-0.15, -0.1) is 0 Å². The van der Waals surface area contributed by atoms with Crippen LogP contribution in [-0.4, -0.2) is 22.8 Å². The van der Waals surface area contributed by atoms with Crippen LogP contribution in [0.2, 0.25) is 0 Å². The smallest absolute Gasteiger partial charge is 0.419 e. The number of methoxy groups -OCH3 is 1. The number of ether oxygens (including phenoxy) is 1. The Bertz CT molecular complexity index is 1330. The number of hydrogen-bond acceptors (Lipinski definition) is 3. The van der Waals surface area contributed by atoms with Gasteiger partial charge in [0.1, 0.15) is 17.4 Å². The fourth-order valence-corrected chi connectivity index (χ4v) is 3.33. The molecule has 0 aliphatic heterocycles. The molecule has 0 bridgehead atoms. The van der Waals surface area contributed by atoms with Gasteiger partial charge in [0.25, 0.3) is 5.91 Å². The van der Waals surface area contributed by atoms with Gasteiger partial charge in [-0.2, -0.15) is 18.3 Å². The van der Waals surface area contributed by atoms with Crippen LogP contribution in [0.1, 0.15) is 21.5 Å². The zero-order chi connectivity index (χ0) is 24.5. The molecule has 0 aliphatic rings. The van der Waals surface area contributed by atoms with Crippen LogP contribution in [-0.2, 0) is 6.18 Å². The number of halogens is 4. The molecule has 5 nitrogen and oxygen atoms in total. The van der Waals surface area contributed by atoms with E-state index in [9.17, 15) is 22.4 Å². The normalized spacial score (nSPS) is 11.4. The molecular weight excluding hydrogens is 450 g/mol. The zero-order valence-corrected chi connectivity index (χ0v) is 18.2. The summed E-state index contributed by atoms with van der Waals surface area (Å²) in [5.41, 5.74) is 1.07. The number of carbonyl (C=O) groups is 1. The number of rotatable bonds is 5. The molecule has 0 unspecified atom stereocenters. The summed E-state index contributed by atoms with van der Waals surface area (Å²) < 4.78 is 59.6. The van der Waals surface area contributed by atoms with E-state index in [-0.39, 0.29) is 11.4 Å². The van der Waals surface area contributed by atoms with Crippen LogP contribution in [0.15, 0.2) is 72.8 Å². The van der Waals surface area contributed by atoms with Gasteiger partial charge >= 0.3 is 6.18 Å². The molecule has 1 aromatic heterocycles. The fourth-order valence-electron chi connectivity index (χ4n) is 3.33. The number of alkyl halides is 3. The predicted octanol–water partition coefficient (Wildman–Crippen LogP) is 6.27. The second-order valence-corrected chi connectivity index (χ2v) is 7.54. The highest BCUT2D eigenvalue weighted by Gasteiger charge is 2.34. The van der Waals surface area contributed by atoms with E-state index < -0.39 is 23.5 Å². The van der Waals surface area contributed by atoms with E-state index in [1.807, 2.05) is 19.1 Å². The lowest BCUT2D eigenvalue weighted by molar-refractivity contribution is -0.140. The lowest BCUT2D eigenvalue weighted by Gasteiger charge is -2.11. The van der Waals surface area contributed by atoms with Crippen LogP contribution < -0.4 is 10.1 Å². The Labute approximate surface area is 192 Å². The molecule has 1 heterocycles. The molecule has 0 saturated carbocycles. The maximum atomic E-state index is 13.6. The van der Waals surface area contributed by atoms with Crippen molar-refractivity contribution in [1.29, 1.82) is 0 Å². The van der Waals surface area contributed by atoms with Crippen molar-refractivity contribution in [3.8, 4) is 22.7 Å². The van der Waals surface area contributed by atoms with E-state index in [4.69, 9.17) is 4.74 Å². The summed E-state index contributed by atoms with van der Waals surface area (Å²) in [6.45, 7) is 1.92. The van der Waals surface area contributed by atoms with Crippen molar-refractivity contribution in [3.63, 3.8) is 0 Å². The molecule has 0 saturated heterocycles. The predicted molar refractivity (Wildman–Crippen MR) is 120 cm³/mol. The molecule has 9 heteroatoms.